The van der Waals surface area contributed by atoms with Crippen LogP contribution >= 0.6 is 0 Å². The van der Waals surface area contributed by atoms with Gasteiger partial charge in [0.1, 0.15) is 11.9 Å². The van der Waals surface area contributed by atoms with Crippen molar-refractivity contribution in [1.82, 2.24) is 4.98 Å². The zero-order chi connectivity index (χ0) is 11.4. The van der Waals surface area contributed by atoms with Crippen LogP contribution in [0.3, 0.4) is 0 Å². The van der Waals surface area contributed by atoms with Gasteiger partial charge in [-0.15, -0.1) is 0 Å². The number of nitrogens with two attached hydrogens (primary N) is 1. The summed E-state index contributed by atoms with van der Waals surface area (Å²) in [4.78, 5) is 4.26. The summed E-state index contributed by atoms with van der Waals surface area (Å²) in [5.41, 5.74) is 6.62. The van der Waals surface area contributed by atoms with Gasteiger partial charge < -0.3 is 15.2 Å². The van der Waals surface area contributed by atoms with Crippen LogP contribution in [0.2, 0.25) is 0 Å². The highest BCUT2D eigenvalue weighted by Gasteiger charge is 2.15. The summed E-state index contributed by atoms with van der Waals surface area (Å²) in [6, 6.07) is 3.82. The Hall–Kier alpha value is -1.13. The van der Waals surface area contributed by atoms with Gasteiger partial charge in [0.2, 0.25) is 0 Å². The summed E-state index contributed by atoms with van der Waals surface area (Å²) in [7, 11) is 0. The molecule has 0 bridgehead atoms. The van der Waals surface area contributed by atoms with E-state index in [1.807, 2.05) is 19.1 Å². The van der Waals surface area contributed by atoms with Crippen molar-refractivity contribution in [3.63, 3.8) is 0 Å². The van der Waals surface area contributed by atoms with Gasteiger partial charge >= 0.3 is 0 Å². The van der Waals surface area contributed by atoms with Crippen LogP contribution in [0.1, 0.15) is 31.5 Å². The van der Waals surface area contributed by atoms with Crippen LogP contribution in [0.25, 0.3) is 0 Å². The highest BCUT2D eigenvalue weighted by molar-refractivity contribution is 5.21. The lowest BCUT2D eigenvalue weighted by Gasteiger charge is -2.23. The fourth-order valence-electron chi connectivity index (χ4n) is 1.72. The average Bonchev–Trinajstić information content (AvgIpc) is 2.31. The molecular formula is C12H18N2O2. The van der Waals surface area contributed by atoms with E-state index in [1.54, 1.807) is 6.20 Å². The standard InChI is InChI=1S/C12H18N2O2/c1-9(13)12-3-2-11(8-14-12)16-10-4-6-15-7-5-10/h2-3,8-10H,4-7,13H2,1H3/t9-/m0/s1. The van der Waals surface area contributed by atoms with Crippen LogP contribution in [0, 0.1) is 0 Å². The highest BCUT2D eigenvalue weighted by Crippen LogP contribution is 2.18. The van der Waals surface area contributed by atoms with Crippen LogP contribution in [-0.4, -0.2) is 24.3 Å². The Balaban J connectivity index is 1.93. The van der Waals surface area contributed by atoms with E-state index in [9.17, 15) is 0 Å². The first kappa shape index (κ1) is 11.4. The summed E-state index contributed by atoms with van der Waals surface area (Å²) < 4.78 is 11.1. The molecule has 0 amide bonds. The minimum absolute atomic E-state index is 0.0304. The third-order valence-corrected chi connectivity index (χ3v) is 2.70. The number of hydrogen-bond donors (Lipinski definition) is 1. The molecule has 16 heavy (non-hydrogen) atoms. The second-order valence-corrected chi connectivity index (χ2v) is 4.14. The molecular weight excluding hydrogens is 204 g/mol. The molecule has 1 atom stereocenters. The second-order valence-electron chi connectivity index (χ2n) is 4.14. The van der Waals surface area contributed by atoms with Gasteiger partial charge in [-0.05, 0) is 19.1 Å². The van der Waals surface area contributed by atoms with Crippen molar-refractivity contribution in [3.8, 4) is 5.75 Å². The summed E-state index contributed by atoms with van der Waals surface area (Å²) in [5, 5.41) is 0. The van der Waals surface area contributed by atoms with Crippen molar-refractivity contribution in [3.05, 3.63) is 24.0 Å². The van der Waals surface area contributed by atoms with Gasteiger partial charge in [-0.1, -0.05) is 0 Å². The minimum atomic E-state index is -0.0304. The third kappa shape index (κ3) is 2.93. The second kappa shape index (κ2) is 5.27. The largest absolute Gasteiger partial charge is 0.489 e. The van der Waals surface area contributed by atoms with Crippen LogP contribution < -0.4 is 10.5 Å². The summed E-state index contributed by atoms with van der Waals surface area (Å²) in [6.07, 6.45) is 3.91. The molecule has 4 heteroatoms. The van der Waals surface area contributed by atoms with Crippen LogP contribution in [0.15, 0.2) is 18.3 Å². The molecule has 88 valence electrons. The lowest BCUT2D eigenvalue weighted by atomic mass is 10.1. The van der Waals surface area contributed by atoms with Crippen molar-refractivity contribution in [2.24, 2.45) is 5.73 Å². The molecule has 1 aliphatic rings. The number of aromatic nitrogens is 1. The Morgan fingerprint density at radius 3 is 2.75 bits per heavy atom. The van der Waals surface area contributed by atoms with E-state index in [-0.39, 0.29) is 12.1 Å². The molecule has 0 aliphatic carbocycles. The van der Waals surface area contributed by atoms with Crippen LogP contribution in [-0.2, 0) is 4.74 Å². The number of rotatable bonds is 3. The molecule has 2 N–H and O–H groups in total. The normalized spacial score (nSPS) is 19.4. The first-order valence-electron chi connectivity index (χ1n) is 5.71. The summed E-state index contributed by atoms with van der Waals surface area (Å²) in [5.74, 6) is 0.816. The molecule has 2 rings (SSSR count). The maximum absolute atomic E-state index is 5.81. The lowest BCUT2D eigenvalue weighted by Crippen LogP contribution is -2.25. The summed E-state index contributed by atoms with van der Waals surface area (Å²) >= 11 is 0. The Morgan fingerprint density at radius 1 is 1.44 bits per heavy atom. The van der Waals surface area contributed by atoms with Crippen molar-refractivity contribution >= 4 is 0 Å². The smallest absolute Gasteiger partial charge is 0.138 e. The van der Waals surface area contributed by atoms with Crippen molar-refractivity contribution in [2.75, 3.05) is 13.2 Å². The lowest BCUT2D eigenvalue weighted by molar-refractivity contribution is 0.0254. The van der Waals surface area contributed by atoms with Gasteiger partial charge in [0.15, 0.2) is 0 Å². The summed E-state index contributed by atoms with van der Waals surface area (Å²) in [6.45, 7) is 3.49. The Morgan fingerprint density at radius 2 is 2.19 bits per heavy atom. The topological polar surface area (TPSA) is 57.4 Å². The highest BCUT2D eigenvalue weighted by atomic mass is 16.5. The molecule has 0 unspecified atom stereocenters. The SMILES string of the molecule is C[C@H](N)c1ccc(OC2CCOCC2)cn1. The molecule has 4 nitrogen and oxygen atoms in total. The van der Waals surface area contributed by atoms with E-state index in [0.717, 1.165) is 37.5 Å². The molecule has 1 aromatic heterocycles. The first-order chi connectivity index (χ1) is 7.75. The molecule has 0 aromatic carbocycles. The van der Waals surface area contributed by atoms with Crippen LogP contribution in [0.4, 0.5) is 0 Å². The zero-order valence-electron chi connectivity index (χ0n) is 9.56. The molecule has 0 spiro atoms. The van der Waals surface area contributed by atoms with E-state index >= 15 is 0 Å². The van der Waals surface area contributed by atoms with Gasteiger partial charge in [-0.2, -0.15) is 0 Å². The average molecular weight is 222 g/mol. The zero-order valence-corrected chi connectivity index (χ0v) is 9.56. The molecule has 1 fully saturated rings. The van der Waals surface area contributed by atoms with Crippen molar-refractivity contribution in [2.45, 2.75) is 31.9 Å². The monoisotopic (exact) mass is 222 g/mol. The minimum Gasteiger partial charge on any atom is -0.489 e. The van der Waals surface area contributed by atoms with E-state index in [2.05, 4.69) is 4.98 Å². The predicted molar refractivity (Wildman–Crippen MR) is 61.3 cm³/mol. The number of hydrogen-bond acceptors (Lipinski definition) is 4. The quantitative estimate of drug-likeness (QED) is 0.845. The van der Waals surface area contributed by atoms with E-state index in [1.165, 1.54) is 0 Å². The van der Waals surface area contributed by atoms with Crippen molar-refractivity contribution < 1.29 is 9.47 Å². The van der Waals surface area contributed by atoms with Gasteiger partial charge in [-0.25, -0.2) is 0 Å². The molecule has 0 radical (unpaired) electrons. The van der Waals surface area contributed by atoms with Gasteiger partial charge in [-0.3, -0.25) is 4.98 Å². The molecule has 0 saturated carbocycles. The van der Waals surface area contributed by atoms with Crippen molar-refractivity contribution in [1.29, 1.82) is 0 Å². The number of pyridine rings is 1. The number of ether oxygens (including phenoxy) is 2. The van der Waals surface area contributed by atoms with Gasteiger partial charge in [0, 0.05) is 18.9 Å². The maximum atomic E-state index is 5.81. The predicted octanol–water partition coefficient (Wildman–Crippen LogP) is 1.66. The molecule has 2 heterocycles. The Kier molecular flexibility index (Phi) is 3.74. The third-order valence-electron chi connectivity index (χ3n) is 2.70. The van der Waals surface area contributed by atoms with E-state index in [0.29, 0.717) is 0 Å². The fourth-order valence-corrected chi connectivity index (χ4v) is 1.72. The Labute approximate surface area is 95.8 Å². The fraction of sp³-hybridized carbons (Fsp3) is 0.583. The molecule has 1 aliphatic heterocycles. The number of nitrogens with zero attached hydrogens (tertiary/aromatic N) is 1. The Bertz CT molecular complexity index is 318. The van der Waals surface area contributed by atoms with Crippen LogP contribution in [0.5, 0.6) is 5.75 Å². The molecule has 1 aromatic rings. The van der Waals surface area contributed by atoms with Gasteiger partial charge in [0.25, 0.3) is 0 Å². The van der Waals surface area contributed by atoms with E-state index in [4.69, 9.17) is 15.2 Å². The first-order valence-corrected chi connectivity index (χ1v) is 5.71. The van der Waals surface area contributed by atoms with Gasteiger partial charge in [0.05, 0.1) is 25.1 Å². The maximum Gasteiger partial charge on any atom is 0.138 e. The molecule has 1 saturated heterocycles. The van der Waals surface area contributed by atoms with E-state index < -0.39 is 0 Å².